The lowest BCUT2D eigenvalue weighted by molar-refractivity contribution is 0.191. The molecule has 5 nitrogen and oxygen atoms in total. The molecule has 0 amide bonds. The molecule has 1 rings (SSSR count). The predicted molar refractivity (Wildman–Crippen MR) is 78.3 cm³/mol. The summed E-state index contributed by atoms with van der Waals surface area (Å²) in [5.74, 6) is 0.744. The van der Waals surface area contributed by atoms with Crippen molar-refractivity contribution in [3.63, 3.8) is 0 Å². The molecule has 5 heteroatoms. The molecule has 0 unspecified atom stereocenters. The summed E-state index contributed by atoms with van der Waals surface area (Å²) in [4.78, 5) is 2.13. The first kappa shape index (κ1) is 16.3. The molecule has 1 aromatic carbocycles. The van der Waals surface area contributed by atoms with E-state index in [1.807, 2.05) is 6.07 Å². The molecule has 0 heterocycles. The van der Waals surface area contributed by atoms with Gasteiger partial charge in [-0.05, 0) is 18.6 Å². The largest absolute Gasteiger partial charge is 0.497 e. The Morgan fingerprint density at radius 1 is 1.10 bits per heavy atom. The highest BCUT2D eigenvalue weighted by molar-refractivity contribution is 5.62. The summed E-state index contributed by atoms with van der Waals surface area (Å²) in [5, 5.41) is 9.25. The van der Waals surface area contributed by atoms with Crippen LogP contribution in [0.1, 0.15) is 12.0 Å². The molecule has 0 fully saturated rings. The fourth-order valence-electron chi connectivity index (χ4n) is 1.95. The summed E-state index contributed by atoms with van der Waals surface area (Å²) in [6, 6.07) is 7.69. The van der Waals surface area contributed by atoms with Gasteiger partial charge in [0.25, 0.3) is 0 Å². The van der Waals surface area contributed by atoms with Crippen molar-refractivity contribution in [1.29, 1.82) is 5.26 Å². The van der Waals surface area contributed by atoms with E-state index in [0.29, 0.717) is 18.8 Å². The quantitative estimate of drug-likeness (QED) is 0.647. The summed E-state index contributed by atoms with van der Waals surface area (Å²) < 4.78 is 15.5. The summed E-state index contributed by atoms with van der Waals surface area (Å²) >= 11 is 0. The lowest BCUT2D eigenvalue weighted by atomic mass is 10.1. The highest BCUT2D eigenvalue weighted by atomic mass is 16.5. The van der Waals surface area contributed by atoms with Crippen molar-refractivity contribution in [2.75, 3.05) is 52.5 Å². The van der Waals surface area contributed by atoms with Crippen molar-refractivity contribution < 1.29 is 14.2 Å². The Kier molecular flexibility index (Phi) is 7.48. The molecular formula is C15H22N2O3. The minimum Gasteiger partial charge on any atom is -0.497 e. The third kappa shape index (κ3) is 4.72. The van der Waals surface area contributed by atoms with Crippen molar-refractivity contribution in [1.82, 2.24) is 0 Å². The number of hydrogen-bond donors (Lipinski definition) is 0. The molecule has 0 saturated carbocycles. The third-order valence-electron chi connectivity index (χ3n) is 3.01. The molecule has 0 aliphatic carbocycles. The number of nitriles is 1. The Bertz CT molecular complexity index is 443. The maximum Gasteiger partial charge on any atom is 0.121 e. The van der Waals surface area contributed by atoms with Crippen molar-refractivity contribution >= 4 is 5.69 Å². The lowest BCUT2D eigenvalue weighted by Crippen LogP contribution is -2.29. The lowest BCUT2D eigenvalue weighted by Gasteiger charge is -2.25. The van der Waals surface area contributed by atoms with Crippen LogP contribution in [0.3, 0.4) is 0 Å². The van der Waals surface area contributed by atoms with E-state index >= 15 is 0 Å². The Balaban J connectivity index is 2.94. The van der Waals surface area contributed by atoms with Gasteiger partial charge in [0.05, 0.1) is 25.0 Å². The van der Waals surface area contributed by atoms with Gasteiger partial charge in [0.1, 0.15) is 11.8 Å². The summed E-state index contributed by atoms with van der Waals surface area (Å²) in [6.45, 7) is 2.82. The van der Waals surface area contributed by atoms with E-state index in [-0.39, 0.29) is 0 Å². The fourth-order valence-corrected chi connectivity index (χ4v) is 1.95. The van der Waals surface area contributed by atoms with Gasteiger partial charge in [-0.1, -0.05) is 0 Å². The molecule has 0 saturated heterocycles. The molecule has 0 aliphatic heterocycles. The first-order valence-corrected chi connectivity index (χ1v) is 6.57. The van der Waals surface area contributed by atoms with E-state index < -0.39 is 0 Å². The molecule has 0 radical (unpaired) electrons. The Morgan fingerprint density at radius 2 is 1.85 bits per heavy atom. The van der Waals surface area contributed by atoms with Crippen LogP contribution in [0.15, 0.2) is 18.2 Å². The first-order chi connectivity index (χ1) is 9.76. The smallest absolute Gasteiger partial charge is 0.121 e. The molecular weight excluding hydrogens is 256 g/mol. The fraction of sp³-hybridized carbons (Fsp3) is 0.533. The number of benzene rings is 1. The van der Waals surface area contributed by atoms with Crippen molar-refractivity contribution in [2.45, 2.75) is 6.42 Å². The average molecular weight is 278 g/mol. The third-order valence-corrected chi connectivity index (χ3v) is 3.01. The molecule has 1 aromatic rings. The van der Waals surface area contributed by atoms with Crippen molar-refractivity contribution in [3.8, 4) is 11.8 Å². The molecule has 0 bridgehead atoms. The number of rotatable bonds is 9. The second-order valence-corrected chi connectivity index (χ2v) is 4.32. The summed E-state index contributed by atoms with van der Waals surface area (Å²) in [5.41, 5.74) is 1.51. The van der Waals surface area contributed by atoms with Crippen LogP contribution in [-0.4, -0.2) is 47.6 Å². The summed E-state index contributed by atoms with van der Waals surface area (Å²) in [6.07, 6.45) is 0.891. The van der Waals surface area contributed by atoms with E-state index in [0.717, 1.165) is 30.9 Å². The Morgan fingerprint density at radius 3 is 2.45 bits per heavy atom. The topological polar surface area (TPSA) is 54.7 Å². The summed E-state index contributed by atoms with van der Waals surface area (Å²) in [7, 11) is 4.98. The standard InChI is InChI=1S/C15H22N2O3/c1-18-9-4-7-17(8-10-19-2)15-11-14(20-3)6-5-13(15)12-16/h5-6,11H,4,7-10H2,1-3H3. The van der Waals surface area contributed by atoms with Gasteiger partial charge in [-0.2, -0.15) is 5.26 Å². The zero-order valence-corrected chi connectivity index (χ0v) is 12.4. The van der Waals surface area contributed by atoms with Crippen LogP contribution in [0.25, 0.3) is 0 Å². The predicted octanol–water partition coefficient (Wildman–Crippen LogP) is 2.06. The van der Waals surface area contributed by atoms with E-state index in [4.69, 9.17) is 14.2 Å². The Labute approximate surface area is 120 Å². The second-order valence-electron chi connectivity index (χ2n) is 4.32. The van der Waals surface area contributed by atoms with Crippen LogP contribution in [-0.2, 0) is 9.47 Å². The number of hydrogen-bond acceptors (Lipinski definition) is 5. The molecule has 0 aliphatic rings. The normalized spacial score (nSPS) is 10.1. The van der Waals surface area contributed by atoms with E-state index in [1.54, 1.807) is 33.5 Å². The van der Waals surface area contributed by atoms with Gasteiger partial charge in [-0.25, -0.2) is 0 Å². The molecule has 20 heavy (non-hydrogen) atoms. The van der Waals surface area contributed by atoms with E-state index in [1.165, 1.54) is 0 Å². The van der Waals surface area contributed by atoms with Gasteiger partial charge in [0, 0.05) is 40.0 Å². The maximum absolute atomic E-state index is 9.25. The van der Waals surface area contributed by atoms with Gasteiger partial charge in [0.2, 0.25) is 0 Å². The van der Waals surface area contributed by atoms with Crippen LogP contribution in [0, 0.1) is 11.3 Å². The van der Waals surface area contributed by atoms with Gasteiger partial charge >= 0.3 is 0 Å². The zero-order chi connectivity index (χ0) is 14.8. The average Bonchev–Trinajstić information content (AvgIpc) is 2.50. The van der Waals surface area contributed by atoms with Crippen molar-refractivity contribution in [2.24, 2.45) is 0 Å². The van der Waals surface area contributed by atoms with Crippen LogP contribution >= 0.6 is 0 Å². The highest BCUT2D eigenvalue weighted by Crippen LogP contribution is 2.25. The molecule has 0 N–H and O–H groups in total. The van der Waals surface area contributed by atoms with Crippen molar-refractivity contribution in [3.05, 3.63) is 23.8 Å². The SMILES string of the molecule is COCCCN(CCOC)c1cc(OC)ccc1C#N. The minimum atomic E-state index is 0.606. The van der Waals surface area contributed by atoms with E-state index in [9.17, 15) is 5.26 Å². The molecule has 0 spiro atoms. The van der Waals surface area contributed by atoms with Gasteiger partial charge < -0.3 is 19.1 Å². The maximum atomic E-state index is 9.25. The van der Waals surface area contributed by atoms with Crippen LogP contribution < -0.4 is 9.64 Å². The van der Waals surface area contributed by atoms with Gasteiger partial charge in [0.15, 0.2) is 0 Å². The first-order valence-electron chi connectivity index (χ1n) is 6.57. The number of nitrogens with zero attached hydrogens (tertiary/aromatic N) is 2. The minimum absolute atomic E-state index is 0.606. The monoisotopic (exact) mass is 278 g/mol. The number of methoxy groups -OCH3 is 3. The molecule has 0 aromatic heterocycles. The number of anilines is 1. The highest BCUT2D eigenvalue weighted by Gasteiger charge is 2.12. The van der Waals surface area contributed by atoms with Crippen LogP contribution in [0.4, 0.5) is 5.69 Å². The van der Waals surface area contributed by atoms with Gasteiger partial charge in [-0.15, -0.1) is 0 Å². The molecule has 110 valence electrons. The second kappa shape index (κ2) is 9.18. The van der Waals surface area contributed by atoms with E-state index in [2.05, 4.69) is 11.0 Å². The Hall–Kier alpha value is -1.77. The molecule has 0 atom stereocenters. The van der Waals surface area contributed by atoms with Gasteiger partial charge in [-0.3, -0.25) is 0 Å². The van der Waals surface area contributed by atoms with Crippen LogP contribution in [0.2, 0.25) is 0 Å². The zero-order valence-electron chi connectivity index (χ0n) is 12.4. The van der Waals surface area contributed by atoms with Crippen LogP contribution in [0.5, 0.6) is 5.75 Å². The number of ether oxygens (including phenoxy) is 3.